The largest absolute Gasteiger partial charge is 0.461 e. The highest BCUT2D eigenvalue weighted by molar-refractivity contribution is 6.48. The highest BCUT2D eigenvalue weighted by Gasteiger charge is 2.43. The maximum Gasteiger partial charge on any atom is 0.311 e. The molecule has 2 amide bonds. The van der Waals surface area contributed by atoms with E-state index < -0.39 is 20.9 Å². The van der Waals surface area contributed by atoms with Crippen LogP contribution in [-0.2, 0) is 20.6 Å². The monoisotopic (exact) mass is 467 g/mol. The number of amides is 2. The number of carbonyl (C=O) groups excluding carboxylic acids is 3. The molecule has 1 aliphatic heterocycles. The molecule has 0 spiro atoms. The Bertz CT molecular complexity index is 964. The van der Waals surface area contributed by atoms with E-state index >= 15 is 0 Å². The molecule has 0 N–H and O–H groups in total. The lowest BCUT2D eigenvalue weighted by molar-refractivity contribution is -0.155. The van der Waals surface area contributed by atoms with Crippen LogP contribution in [0.25, 0.3) is 0 Å². The summed E-state index contributed by atoms with van der Waals surface area (Å²) in [5, 5.41) is 0. The molecular formula is C26H33NO5Si. The average Bonchev–Trinajstić information content (AvgIpc) is 3.01. The lowest BCUT2D eigenvalue weighted by Gasteiger charge is -2.37. The van der Waals surface area contributed by atoms with Crippen LogP contribution in [0.4, 0.5) is 0 Å². The van der Waals surface area contributed by atoms with Crippen LogP contribution in [-0.4, -0.2) is 44.9 Å². The van der Waals surface area contributed by atoms with Gasteiger partial charge in [0.15, 0.2) is 9.04 Å². The van der Waals surface area contributed by atoms with E-state index in [0.717, 1.165) is 5.56 Å². The van der Waals surface area contributed by atoms with Gasteiger partial charge in [0.2, 0.25) is 0 Å². The third kappa shape index (κ3) is 5.97. The summed E-state index contributed by atoms with van der Waals surface area (Å²) in [7, 11) is -1.35. The third-order valence-electron chi connectivity index (χ3n) is 5.99. The molecule has 2 aromatic carbocycles. The van der Waals surface area contributed by atoms with Gasteiger partial charge in [-0.15, -0.1) is 0 Å². The topological polar surface area (TPSA) is 72.9 Å². The molecule has 0 aliphatic carbocycles. The molecule has 0 radical (unpaired) electrons. The zero-order chi connectivity index (χ0) is 24.2. The van der Waals surface area contributed by atoms with Gasteiger partial charge in [-0.25, -0.2) is 0 Å². The summed E-state index contributed by atoms with van der Waals surface area (Å²) in [6, 6.07) is 16.2. The molecule has 1 heterocycles. The lowest BCUT2D eigenvalue weighted by atomic mass is 9.73. The summed E-state index contributed by atoms with van der Waals surface area (Å²) in [4.78, 5) is 40.6. The fraction of sp³-hybridized carbons (Fsp3) is 0.423. The zero-order valence-corrected chi connectivity index (χ0v) is 21.2. The Morgan fingerprint density at radius 1 is 0.939 bits per heavy atom. The molecule has 1 aliphatic rings. The molecule has 7 heteroatoms. The predicted octanol–water partition coefficient (Wildman–Crippen LogP) is 4.30. The van der Waals surface area contributed by atoms with E-state index in [9.17, 15) is 14.4 Å². The second-order valence-corrected chi connectivity index (χ2v) is 12.3. The van der Waals surface area contributed by atoms with Crippen LogP contribution in [0, 0.1) is 17.3 Å². The van der Waals surface area contributed by atoms with Crippen molar-refractivity contribution < 1.29 is 23.5 Å². The third-order valence-corrected chi connectivity index (χ3v) is 6.85. The number of rotatable bonds is 9. The van der Waals surface area contributed by atoms with Gasteiger partial charge in [0.25, 0.3) is 11.8 Å². The molecule has 33 heavy (non-hydrogen) atoms. The summed E-state index contributed by atoms with van der Waals surface area (Å²) in [6.07, 6.45) is 0. The maximum atomic E-state index is 13.4. The van der Waals surface area contributed by atoms with Crippen LogP contribution in [0.15, 0.2) is 54.6 Å². The molecule has 0 aromatic heterocycles. The molecule has 3 rings (SSSR count). The molecule has 0 saturated heterocycles. The number of fused-ring (bicyclic) bond motifs is 1. The van der Waals surface area contributed by atoms with Crippen molar-refractivity contribution in [1.82, 2.24) is 4.90 Å². The molecular weight excluding hydrogens is 434 g/mol. The Balaban J connectivity index is 1.88. The molecule has 0 saturated carbocycles. The number of ether oxygens (including phenoxy) is 1. The summed E-state index contributed by atoms with van der Waals surface area (Å²) >= 11 is 0. The van der Waals surface area contributed by atoms with E-state index in [1.807, 2.05) is 51.1 Å². The molecule has 0 unspecified atom stereocenters. The van der Waals surface area contributed by atoms with Crippen molar-refractivity contribution >= 4 is 26.8 Å². The first kappa shape index (κ1) is 24.9. The minimum absolute atomic E-state index is 0.0368. The van der Waals surface area contributed by atoms with Crippen LogP contribution in [0.3, 0.4) is 0 Å². The fourth-order valence-electron chi connectivity index (χ4n) is 4.07. The van der Waals surface area contributed by atoms with Crippen molar-refractivity contribution in [2.24, 2.45) is 17.3 Å². The van der Waals surface area contributed by atoms with E-state index in [1.54, 1.807) is 24.3 Å². The minimum atomic E-state index is -1.35. The van der Waals surface area contributed by atoms with Crippen molar-refractivity contribution in [3.63, 3.8) is 0 Å². The van der Waals surface area contributed by atoms with Gasteiger partial charge in [0, 0.05) is 19.1 Å². The van der Waals surface area contributed by atoms with Gasteiger partial charge >= 0.3 is 5.97 Å². The Morgan fingerprint density at radius 2 is 1.48 bits per heavy atom. The van der Waals surface area contributed by atoms with Gasteiger partial charge in [-0.1, -0.05) is 63.2 Å². The summed E-state index contributed by atoms with van der Waals surface area (Å²) < 4.78 is 11.7. The number of hydrogen-bond acceptors (Lipinski definition) is 5. The van der Waals surface area contributed by atoms with Crippen LogP contribution >= 0.6 is 0 Å². The number of nitrogens with zero attached hydrogens (tertiary/aromatic N) is 1. The van der Waals surface area contributed by atoms with Crippen LogP contribution in [0.2, 0.25) is 13.1 Å². The van der Waals surface area contributed by atoms with Gasteiger partial charge in [0.05, 0.1) is 17.0 Å². The summed E-state index contributed by atoms with van der Waals surface area (Å²) in [5.74, 6) is -2.11. The van der Waals surface area contributed by atoms with Crippen LogP contribution in [0.5, 0.6) is 0 Å². The summed E-state index contributed by atoms with van der Waals surface area (Å²) in [5.41, 5.74) is 1.32. The number of benzene rings is 2. The Hall–Kier alpha value is -2.77. The second kappa shape index (κ2) is 10.4. The number of hydrogen-bond donors (Lipinski definition) is 0. The molecule has 0 bridgehead atoms. The minimum Gasteiger partial charge on any atom is -0.461 e. The number of esters is 1. The first-order valence-electron chi connectivity index (χ1n) is 11.4. The molecule has 6 nitrogen and oxygen atoms in total. The Morgan fingerprint density at radius 3 is 2.00 bits per heavy atom. The molecule has 2 aromatic rings. The van der Waals surface area contributed by atoms with Gasteiger partial charge in [0.1, 0.15) is 6.61 Å². The van der Waals surface area contributed by atoms with E-state index in [0.29, 0.717) is 17.7 Å². The van der Waals surface area contributed by atoms with Crippen molar-refractivity contribution in [3.05, 3.63) is 71.3 Å². The van der Waals surface area contributed by atoms with Crippen molar-refractivity contribution in [3.8, 4) is 0 Å². The van der Waals surface area contributed by atoms with Crippen LogP contribution in [0.1, 0.15) is 47.1 Å². The highest BCUT2D eigenvalue weighted by Crippen LogP contribution is 2.36. The molecule has 176 valence electrons. The van der Waals surface area contributed by atoms with Crippen LogP contribution < -0.4 is 0 Å². The van der Waals surface area contributed by atoms with Gasteiger partial charge < -0.3 is 9.16 Å². The molecule has 0 fully saturated rings. The first-order chi connectivity index (χ1) is 15.6. The van der Waals surface area contributed by atoms with E-state index in [4.69, 9.17) is 9.16 Å². The Kier molecular flexibility index (Phi) is 7.87. The normalized spacial score (nSPS) is 15.5. The van der Waals surface area contributed by atoms with E-state index in [-0.39, 0.29) is 36.3 Å². The first-order valence-corrected chi connectivity index (χ1v) is 14.1. The summed E-state index contributed by atoms with van der Waals surface area (Å²) in [6.45, 7) is 10.8. The standard InChI is InChI=1S/C26H33NO5Si/c1-26(2,3)22(17-32-33(4)5)21(25(30)31-16-18-11-7-6-8-12-18)15-27-23(28)19-13-9-10-14-20(19)24(27)29/h6-14,21-22,33H,15-17H2,1-5H3/t21-,22-/m1/s1. The van der Waals surface area contributed by atoms with Crippen molar-refractivity contribution in [2.75, 3.05) is 13.2 Å². The van der Waals surface area contributed by atoms with E-state index in [2.05, 4.69) is 13.1 Å². The number of carbonyl (C=O) groups is 3. The second-order valence-electron chi connectivity index (χ2n) is 9.82. The lowest BCUT2D eigenvalue weighted by Crippen LogP contribution is -2.46. The van der Waals surface area contributed by atoms with Crippen molar-refractivity contribution in [1.29, 1.82) is 0 Å². The Labute approximate surface area is 197 Å². The zero-order valence-electron chi connectivity index (χ0n) is 20.0. The van der Waals surface area contributed by atoms with Gasteiger partial charge in [-0.2, -0.15) is 0 Å². The van der Waals surface area contributed by atoms with Gasteiger partial charge in [-0.05, 0) is 36.2 Å². The number of imide groups is 1. The molecule has 2 atom stereocenters. The quantitative estimate of drug-likeness (QED) is 0.312. The maximum absolute atomic E-state index is 13.4. The van der Waals surface area contributed by atoms with Crippen molar-refractivity contribution in [2.45, 2.75) is 40.5 Å². The highest BCUT2D eigenvalue weighted by atomic mass is 28.3. The predicted molar refractivity (Wildman–Crippen MR) is 129 cm³/mol. The average molecular weight is 468 g/mol. The fourth-order valence-corrected chi connectivity index (χ4v) is 4.66. The van der Waals surface area contributed by atoms with E-state index in [1.165, 1.54) is 4.90 Å². The SMILES string of the molecule is C[SiH](C)OC[C@H]([C@@H](CN1C(=O)c2ccccc2C1=O)C(=O)OCc1ccccc1)C(C)(C)C. The smallest absolute Gasteiger partial charge is 0.311 e. The van der Waals surface area contributed by atoms with Gasteiger partial charge in [-0.3, -0.25) is 19.3 Å².